The first-order chi connectivity index (χ1) is 15.6. The highest BCUT2D eigenvalue weighted by atomic mass is 19.1. The molecule has 1 unspecified atom stereocenters. The van der Waals surface area contributed by atoms with Gasteiger partial charge in [-0.1, -0.05) is 40.7 Å². The molecule has 1 aliphatic heterocycles. The summed E-state index contributed by atoms with van der Waals surface area (Å²) < 4.78 is 34.5. The SMILES string of the molecule is O=C(c1cc(F)ccc1F)N1CCCC(n2cc(-c3nc(-c4ccccc4)no3)nn2)C1. The molecule has 8 nitrogen and oxygen atoms in total. The molecule has 10 heteroatoms. The van der Waals surface area contributed by atoms with E-state index in [1.807, 2.05) is 30.3 Å². The second-order valence-electron chi connectivity index (χ2n) is 7.54. The van der Waals surface area contributed by atoms with Crippen LogP contribution in [-0.4, -0.2) is 49.0 Å². The van der Waals surface area contributed by atoms with Gasteiger partial charge in [0.25, 0.3) is 11.8 Å². The molecule has 0 radical (unpaired) electrons. The number of rotatable bonds is 4. The van der Waals surface area contributed by atoms with Crippen LogP contribution in [0.2, 0.25) is 0 Å². The molecular formula is C22H18F2N6O2. The lowest BCUT2D eigenvalue weighted by Crippen LogP contribution is -2.41. The Bertz CT molecular complexity index is 1260. The maximum Gasteiger partial charge on any atom is 0.280 e. The van der Waals surface area contributed by atoms with Crippen LogP contribution in [0.3, 0.4) is 0 Å². The Hall–Kier alpha value is -3.95. The summed E-state index contributed by atoms with van der Waals surface area (Å²) in [5.41, 5.74) is 0.962. The number of benzene rings is 2. The highest BCUT2D eigenvalue weighted by Crippen LogP contribution is 2.26. The molecule has 5 rings (SSSR count). The van der Waals surface area contributed by atoms with Crippen LogP contribution in [0.1, 0.15) is 29.2 Å². The predicted molar refractivity (Wildman–Crippen MR) is 109 cm³/mol. The van der Waals surface area contributed by atoms with Crippen LogP contribution in [0.25, 0.3) is 23.0 Å². The molecule has 1 fully saturated rings. The van der Waals surface area contributed by atoms with Crippen molar-refractivity contribution in [3.63, 3.8) is 0 Å². The lowest BCUT2D eigenvalue weighted by molar-refractivity contribution is 0.0666. The van der Waals surface area contributed by atoms with Crippen LogP contribution >= 0.6 is 0 Å². The fraction of sp³-hybridized carbons (Fsp3) is 0.227. The molecule has 1 amide bonds. The van der Waals surface area contributed by atoms with E-state index in [1.165, 1.54) is 4.90 Å². The summed E-state index contributed by atoms with van der Waals surface area (Å²) in [5.74, 6) is -1.26. The zero-order valence-corrected chi connectivity index (χ0v) is 16.9. The molecule has 1 aliphatic rings. The van der Waals surface area contributed by atoms with Crippen molar-refractivity contribution in [1.29, 1.82) is 0 Å². The van der Waals surface area contributed by atoms with Crippen LogP contribution in [0.15, 0.2) is 59.3 Å². The first-order valence-electron chi connectivity index (χ1n) is 10.1. The Morgan fingerprint density at radius 1 is 1.12 bits per heavy atom. The number of likely N-dealkylation sites (tertiary alicyclic amines) is 1. The summed E-state index contributed by atoms with van der Waals surface area (Å²) in [7, 11) is 0. The van der Waals surface area contributed by atoms with Crippen molar-refractivity contribution in [3.8, 4) is 23.0 Å². The molecule has 2 aromatic heterocycles. The number of hydrogen-bond donors (Lipinski definition) is 0. The van der Waals surface area contributed by atoms with Gasteiger partial charge in [0.05, 0.1) is 17.8 Å². The number of halogens is 2. The van der Waals surface area contributed by atoms with Gasteiger partial charge in [-0.2, -0.15) is 4.98 Å². The summed E-state index contributed by atoms with van der Waals surface area (Å²) >= 11 is 0. The average Bonchev–Trinajstić information content (AvgIpc) is 3.51. The molecule has 32 heavy (non-hydrogen) atoms. The number of carbonyl (C=O) groups excluding carboxylic acids is 1. The van der Waals surface area contributed by atoms with Crippen LogP contribution < -0.4 is 0 Å². The van der Waals surface area contributed by atoms with Crippen molar-refractivity contribution in [2.45, 2.75) is 18.9 Å². The van der Waals surface area contributed by atoms with Gasteiger partial charge in [0.2, 0.25) is 5.82 Å². The van der Waals surface area contributed by atoms with E-state index in [4.69, 9.17) is 4.52 Å². The van der Waals surface area contributed by atoms with Gasteiger partial charge in [0.15, 0.2) is 5.69 Å². The highest BCUT2D eigenvalue weighted by Gasteiger charge is 2.28. The Labute approximate surface area is 181 Å². The third-order valence-corrected chi connectivity index (χ3v) is 5.40. The lowest BCUT2D eigenvalue weighted by Gasteiger charge is -2.32. The van der Waals surface area contributed by atoms with E-state index < -0.39 is 17.5 Å². The maximum atomic E-state index is 14.0. The number of nitrogens with zero attached hydrogens (tertiary/aromatic N) is 6. The number of hydrogen-bond acceptors (Lipinski definition) is 6. The number of aromatic nitrogens is 5. The molecule has 1 atom stereocenters. The molecule has 0 saturated carbocycles. The van der Waals surface area contributed by atoms with Gasteiger partial charge in [0.1, 0.15) is 11.6 Å². The number of carbonyl (C=O) groups is 1. The molecule has 0 N–H and O–H groups in total. The monoisotopic (exact) mass is 436 g/mol. The molecule has 4 aromatic rings. The summed E-state index contributed by atoms with van der Waals surface area (Å²) in [4.78, 5) is 18.6. The largest absolute Gasteiger partial charge is 0.336 e. The number of piperidine rings is 1. The van der Waals surface area contributed by atoms with Crippen molar-refractivity contribution in [2.24, 2.45) is 0 Å². The highest BCUT2D eigenvalue weighted by molar-refractivity contribution is 5.94. The molecule has 0 aliphatic carbocycles. The van der Waals surface area contributed by atoms with Crippen LogP contribution in [0.4, 0.5) is 8.78 Å². The molecular weight excluding hydrogens is 418 g/mol. The predicted octanol–water partition coefficient (Wildman–Crippen LogP) is 3.75. The second kappa shape index (κ2) is 8.29. The van der Waals surface area contributed by atoms with Crippen LogP contribution in [0.5, 0.6) is 0 Å². The number of amides is 1. The minimum absolute atomic E-state index is 0.165. The van der Waals surface area contributed by atoms with Crippen molar-refractivity contribution in [2.75, 3.05) is 13.1 Å². The van der Waals surface area contributed by atoms with E-state index in [-0.39, 0.29) is 17.5 Å². The third kappa shape index (κ3) is 3.86. The molecule has 1 saturated heterocycles. The van der Waals surface area contributed by atoms with E-state index in [0.29, 0.717) is 31.0 Å². The van der Waals surface area contributed by atoms with Gasteiger partial charge in [-0.3, -0.25) is 4.79 Å². The van der Waals surface area contributed by atoms with E-state index in [2.05, 4.69) is 20.5 Å². The van der Waals surface area contributed by atoms with Gasteiger partial charge in [-0.25, -0.2) is 13.5 Å². The van der Waals surface area contributed by atoms with Crippen molar-refractivity contribution in [1.82, 2.24) is 30.0 Å². The van der Waals surface area contributed by atoms with Gasteiger partial charge < -0.3 is 9.42 Å². The van der Waals surface area contributed by atoms with E-state index in [1.54, 1.807) is 10.9 Å². The smallest absolute Gasteiger partial charge is 0.280 e. The Morgan fingerprint density at radius 3 is 2.81 bits per heavy atom. The normalized spacial score (nSPS) is 16.3. The molecule has 0 bridgehead atoms. The van der Waals surface area contributed by atoms with Crippen LogP contribution in [0, 0.1) is 11.6 Å². The van der Waals surface area contributed by atoms with Crippen molar-refractivity contribution < 1.29 is 18.1 Å². The Morgan fingerprint density at radius 2 is 1.97 bits per heavy atom. The summed E-state index contributed by atoms with van der Waals surface area (Å²) in [5, 5.41) is 12.3. The van der Waals surface area contributed by atoms with Crippen molar-refractivity contribution >= 4 is 5.91 Å². The summed E-state index contributed by atoms with van der Waals surface area (Å²) in [6.45, 7) is 0.758. The maximum absolute atomic E-state index is 14.0. The minimum atomic E-state index is -0.743. The minimum Gasteiger partial charge on any atom is -0.336 e. The fourth-order valence-electron chi connectivity index (χ4n) is 3.77. The third-order valence-electron chi connectivity index (χ3n) is 5.40. The standard InChI is InChI=1S/C22H18F2N6O2/c23-15-8-9-18(24)17(11-15)22(31)29-10-4-7-16(12-29)30-13-19(26-28-30)21-25-20(27-32-21)14-5-2-1-3-6-14/h1-3,5-6,8-9,11,13,16H,4,7,10,12H2. The Balaban J connectivity index is 1.33. The zero-order chi connectivity index (χ0) is 22.1. The first-order valence-corrected chi connectivity index (χ1v) is 10.1. The van der Waals surface area contributed by atoms with Gasteiger partial charge in [-0.05, 0) is 31.0 Å². The average molecular weight is 436 g/mol. The topological polar surface area (TPSA) is 89.9 Å². The van der Waals surface area contributed by atoms with Crippen LogP contribution in [-0.2, 0) is 0 Å². The Kier molecular flexibility index (Phi) is 5.18. The fourth-order valence-corrected chi connectivity index (χ4v) is 3.77. The quantitative estimate of drug-likeness (QED) is 0.484. The van der Waals surface area contributed by atoms with Gasteiger partial charge in [-0.15, -0.1) is 5.10 Å². The molecule has 0 spiro atoms. The molecule has 3 heterocycles. The first kappa shape index (κ1) is 20.0. The van der Waals surface area contributed by atoms with Gasteiger partial charge in [0, 0.05) is 18.7 Å². The zero-order valence-electron chi connectivity index (χ0n) is 16.9. The molecule has 2 aromatic carbocycles. The molecule has 162 valence electrons. The van der Waals surface area contributed by atoms with E-state index in [0.717, 1.165) is 30.2 Å². The van der Waals surface area contributed by atoms with E-state index >= 15 is 0 Å². The van der Waals surface area contributed by atoms with E-state index in [9.17, 15) is 13.6 Å². The summed E-state index contributed by atoms with van der Waals surface area (Å²) in [6.07, 6.45) is 3.14. The summed E-state index contributed by atoms with van der Waals surface area (Å²) in [6, 6.07) is 12.1. The van der Waals surface area contributed by atoms with Gasteiger partial charge >= 0.3 is 0 Å². The van der Waals surface area contributed by atoms with Crippen molar-refractivity contribution in [3.05, 3.63) is 71.9 Å². The lowest BCUT2D eigenvalue weighted by atomic mass is 10.0. The second-order valence-corrected chi connectivity index (χ2v) is 7.54.